The van der Waals surface area contributed by atoms with Gasteiger partial charge in [0.1, 0.15) is 0 Å². The van der Waals surface area contributed by atoms with Gasteiger partial charge in [-0.3, -0.25) is 0 Å². The predicted molar refractivity (Wildman–Crippen MR) is 74.2 cm³/mol. The molecular formula is C12H18BrNOS. The molecule has 90 valence electrons. The average molecular weight is 304 g/mol. The zero-order chi connectivity index (χ0) is 11.8. The fourth-order valence-electron chi connectivity index (χ4n) is 1.31. The average Bonchev–Trinajstić information content (AvgIpc) is 2.27. The quantitative estimate of drug-likeness (QED) is 0.617. The maximum atomic E-state index is 5.06. The summed E-state index contributed by atoms with van der Waals surface area (Å²) < 4.78 is 6.19. The lowest BCUT2D eigenvalue weighted by Crippen LogP contribution is -2.31. The Hall–Kier alpha value is -0.0300. The number of hydrogen-bond donors (Lipinski definition) is 1. The zero-order valence-corrected chi connectivity index (χ0v) is 12.1. The van der Waals surface area contributed by atoms with Crippen molar-refractivity contribution in [3.63, 3.8) is 0 Å². The van der Waals surface area contributed by atoms with E-state index in [1.165, 1.54) is 4.90 Å². The highest BCUT2D eigenvalue weighted by Crippen LogP contribution is 2.19. The smallest absolute Gasteiger partial charge is 0.0613 e. The molecule has 1 rings (SSSR count). The molecule has 16 heavy (non-hydrogen) atoms. The lowest BCUT2D eigenvalue weighted by molar-refractivity contribution is 0.173. The van der Waals surface area contributed by atoms with Gasteiger partial charge in [0, 0.05) is 34.8 Å². The summed E-state index contributed by atoms with van der Waals surface area (Å²) in [6.07, 6.45) is 0. The van der Waals surface area contributed by atoms with Gasteiger partial charge >= 0.3 is 0 Å². The molecule has 2 nitrogen and oxygen atoms in total. The van der Waals surface area contributed by atoms with E-state index in [0.717, 1.165) is 23.4 Å². The molecule has 0 fully saturated rings. The van der Waals surface area contributed by atoms with Crippen molar-refractivity contribution in [2.45, 2.75) is 17.9 Å². The number of ether oxygens (including phenoxy) is 1. The molecular weight excluding hydrogens is 286 g/mol. The summed E-state index contributed by atoms with van der Waals surface area (Å²) >= 11 is 5.29. The summed E-state index contributed by atoms with van der Waals surface area (Å²) in [4.78, 5) is 1.31. The topological polar surface area (TPSA) is 21.3 Å². The fourth-order valence-corrected chi connectivity index (χ4v) is 2.36. The van der Waals surface area contributed by atoms with Gasteiger partial charge in [0.15, 0.2) is 0 Å². The van der Waals surface area contributed by atoms with Crippen LogP contribution in [0.25, 0.3) is 0 Å². The minimum absolute atomic E-state index is 0.426. The van der Waals surface area contributed by atoms with Crippen molar-refractivity contribution in [1.29, 1.82) is 0 Å². The Morgan fingerprint density at radius 2 is 2.06 bits per heavy atom. The minimum Gasteiger partial charge on any atom is -0.383 e. The molecule has 0 amide bonds. The second-order valence-electron chi connectivity index (χ2n) is 3.61. The maximum absolute atomic E-state index is 5.06. The second-order valence-corrected chi connectivity index (χ2v) is 5.70. The van der Waals surface area contributed by atoms with E-state index in [1.807, 2.05) is 11.8 Å². The molecule has 1 aromatic rings. The second kappa shape index (κ2) is 8.12. The third-order valence-electron chi connectivity index (χ3n) is 2.09. The Kier molecular flexibility index (Phi) is 7.12. The van der Waals surface area contributed by atoms with Gasteiger partial charge in [-0.25, -0.2) is 0 Å². The molecule has 4 heteroatoms. The first-order valence-electron chi connectivity index (χ1n) is 5.33. The Morgan fingerprint density at radius 1 is 1.38 bits per heavy atom. The largest absolute Gasteiger partial charge is 0.383 e. The fraction of sp³-hybridized carbons (Fsp3) is 0.500. The van der Waals surface area contributed by atoms with Gasteiger partial charge in [-0.2, -0.15) is 0 Å². The molecule has 0 bridgehead atoms. The first-order chi connectivity index (χ1) is 7.72. The molecule has 1 N–H and O–H groups in total. The Labute approximate surface area is 110 Å². The Bertz CT molecular complexity index is 292. The summed E-state index contributed by atoms with van der Waals surface area (Å²) in [5.41, 5.74) is 0. The molecule has 0 aromatic heterocycles. The lowest BCUT2D eigenvalue weighted by atomic mass is 10.4. The molecule has 0 heterocycles. The predicted octanol–water partition coefficient (Wildman–Crippen LogP) is 3.17. The highest BCUT2D eigenvalue weighted by molar-refractivity contribution is 9.10. The first kappa shape index (κ1) is 14.0. The van der Waals surface area contributed by atoms with Crippen LogP contribution in [-0.4, -0.2) is 32.1 Å². The summed E-state index contributed by atoms with van der Waals surface area (Å²) in [6, 6.07) is 8.84. The van der Waals surface area contributed by atoms with E-state index < -0.39 is 0 Å². The number of methoxy groups -OCH3 is 1. The SMILES string of the molecule is COCC(C)NCCSc1ccc(Br)cc1. The van der Waals surface area contributed by atoms with E-state index in [-0.39, 0.29) is 0 Å². The van der Waals surface area contributed by atoms with Crippen LogP contribution < -0.4 is 5.32 Å². The Balaban J connectivity index is 2.13. The summed E-state index contributed by atoms with van der Waals surface area (Å²) in [6.45, 7) is 3.90. The van der Waals surface area contributed by atoms with Gasteiger partial charge in [-0.1, -0.05) is 15.9 Å². The molecule has 1 unspecified atom stereocenters. The summed E-state index contributed by atoms with van der Waals surface area (Å²) in [7, 11) is 1.73. The van der Waals surface area contributed by atoms with Crippen LogP contribution in [0.1, 0.15) is 6.92 Å². The molecule has 0 aliphatic carbocycles. The van der Waals surface area contributed by atoms with Gasteiger partial charge in [-0.15, -0.1) is 11.8 Å². The van der Waals surface area contributed by atoms with Crippen LogP contribution in [-0.2, 0) is 4.74 Å². The maximum Gasteiger partial charge on any atom is 0.0613 e. The van der Waals surface area contributed by atoms with Gasteiger partial charge in [0.05, 0.1) is 6.61 Å². The number of rotatable bonds is 7. The number of hydrogen-bond acceptors (Lipinski definition) is 3. The third-order valence-corrected chi connectivity index (χ3v) is 3.64. The van der Waals surface area contributed by atoms with E-state index in [0.29, 0.717) is 6.04 Å². The zero-order valence-electron chi connectivity index (χ0n) is 9.70. The van der Waals surface area contributed by atoms with Crippen LogP contribution in [0.3, 0.4) is 0 Å². The van der Waals surface area contributed by atoms with Crippen LogP contribution in [0.5, 0.6) is 0 Å². The summed E-state index contributed by atoms with van der Waals surface area (Å²) in [5, 5.41) is 3.41. The van der Waals surface area contributed by atoms with Crippen LogP contribution in [0, 0.1) is 0 Å². The molecule has 0 spiro atoms. The third kappa shape index (κ3) is 5.89. The van der Waals surface area contributed by atoms with Crippen LogP contribution >= 0.6 is 27.7 Å². The van der Waals surface area contributed by atoms with Crippen molar-refractivity contribution in [2.75, 3.05) is 26.0 Å². The van der Waals surface area contributed by atoms with Crippen molar-refractivity contribution in [2.24, 2.45) is 0 Å². The van der Waals surface area contributed by atoms with E-state index in [9.17, 15) is 0 Å². The van der Waals surface area contributed by atoms with Crippen molar-refractivity contribution in [3.05, 3.63) is 28.7 Å². The number of benzene rings is 1. The molecule has 0 aliphatic heterocycles. The normalized spacial score (nSPS) is 12.7. The van der Waals surface area contributed by atoms with Gasteiger partial charge < -0.3 is 10.1 Å². The molecule has 1 atom stereocenters. The van der Waals surface area contributed by atoms with Crippen LogP contribution in [0.2, 0.25) is 0 Å². The monoisotopic (exact) mass is 303 g/mol. The van der Waals surface area contributed by atoms with Crippen LogP contribution in [0.4, 0.5) is 0 Å². The Morgan fingerprint density at radius 3 is 2.69 bits per heavy atom. The molecule has 1 aromatic carbocycles. The number of nitrogens with one attached hydrogen (secondary N) is 1. The van der Waals surface area contributed by atoms with E-state index in [1.54, 1.807) is 7.11 Å². The van der Waals surface area contributed by atoms with Crippen molar-refractivity contribution in [3.8, 4) is 0 Å². The summed E-state index contributed by atoms with van der Waals surface area (Å²) in [5.74, 6) is 1.08. The standard InChI is InChI=1S/C12H18BrNOS/c1-10(9-15-2)14-7-8-16-12-5-3-11(13)4-6-12/h3-6,10,14H,7-9H2,1-2H3. The van der Waals surface area contributed by atoms with Crippen molar-refractivity contribution in [1.82, 2.24) is 5.32 Å². The van der Waals surface area contributed by atoms with E-state index in [4.69, 9.17) is 4.74 Å². The van der Waals surface area contributed by atoms with E-state index in [2.05, 4.69) is 52.4 Å². The van der Waals surface area contributed by atoms with E-state index >= 15 is 0 Å². The highest BCUT2D eigenvalue weighted by Gasteiger charge is 1.99. The van der Waals surface area contributed by atoms with Crippen molar-refractivity contribution < 1.29 is 4.74 Å². The van der Waals surface area contributed by atoms with Gasteiger partial charge in [0.2, 0.25) is 0 Å². The lowest BCUT2D eigenvalue weighted by Gasteiger charge is -2.12. The minimum atomic E-state index is 0.426. The van der Waals surface area contributed by atoms with Crippen LogP contribution in [0.15, 0.2) is 33.6 Å². The molecule has 0 radical (unpaired) electrons. The number of halogens is 1. The van der Waals surface area contributed by atoms with Gasteiger partial charge in [-0.05, 0) is 31.2 Å². The molecule has 0 aliphatic rings. The highest BCUT2D eigenvalue weighted by atomic mass is 79.9. The van der Waals surface area contributed by atoms with Gasteiger partial charge in [0.25, 0.3) is 0 Å². The van der Waals surface area contributed by atoms with Crippen molar-refractivity contribution >= 4 is 27.7 Å². The number of thioether (sulfide) groups is 1. The molecule has 0 saturated carbocycles. The first-order valence-corrected chi connectivity index (χ1v) is 7.11. The molecule has 0 saturated heterocycles.